The molecule has 2 rings (SSSR count). The fourth-order valence-corrected chi connectivity index (χ4v) is 2.28. The van der Waals surface area contributed by atoms with E-state index in [0.29, 0.717) is 0 Å². The lowest BCUT2D eigenvalue weighted by molar-refractivity contribution is -0.137. The number of hydrogen-bond acceptors (Lipinski definition) is 2. The molecule has 1 aromatic rings. The van der Waals surface area contributed by atoms with E-state index in [2.05, 4.69) is 31.3 Å². The summed E-state index contributed by atoms with van der Waals surface area (Å²) in [4.78, 5) is 10.6. The zero-order valence-corrected chi connectivity index (χ0v) is 9.00. The van der Waals surface area contributed by atoms with Crippen molar-refractivity contribution in [1.29, 1.82) is 0 Å². The Morgan fingerprint density at radius 2 is 2.27 bits per heavy atom. The van der Waals surface area contributed by atoms with Crippen molar-refractivity contribution in [3.05, 3.63) is 28.8 Å². The largest absolute Gasteiger partial charge is 0.481 e. The van der Waals surface area contributed by atoms with Crippen molar-refractivity contribution in [3.63, 3.8) is 0 Å². The minimum atomic E-state index is -0.741. The number of benzene rings is 1. The van der Waals surface area contributed by atoms with Crippen molar-refractivity contribution in [2.24, 2.45) is 0 Å². The average molecular weight is 205 g/mol. The van der Waals surface area contributed by atoms with Gasteiger partial charge in [0.1, 0.15) is 0 Å². The first-order valence-corrected chi connectivity index (χ1v) is 5.14. The summed E-state index contributed by atoms with van der Waals surface area (Å²) in [6.07, 6.45) is 1.01. The summed E-state index contributed by atoms with van der Waals surface area (Å²) in [5.41, 5.74) is 4.83. The van der Waals surface area contributed by atoms with E-state index in [9.17, 15) is 4.79 Å². The quantitative estimate of drug-likeness (QED) is 0.777. The number of anilines is 1. The van der Waals surface area contributed by atoms with Crippen LogP contribution in [0.4, 0.5) is 5.69 Å². The second-order valence-electron chi connectivity index (χ2n) is 4.26. The van der Waals surface area contributed by atoms with Gasteiger partial charge in [0.15, 0.2) is 0 Å². The number of fused-ring (bicyclic) bond motifs is 1. The van der Waals surface area contributed by atoms with E-state index in [1.807, 2.05) is 0 Å². The summed E-state index contributed by atoms with van der Waals surface area (Å²) in [5, 5.41) is 12.0. The minimum absolute atomic E-state index is 0.0537. The molecule has 1 heterocycles. The van der Waals surface area contributed by atoms with Gasteiger partial charge in [-0.05, 0) is 31.4 Å². The first kappa shape index (κ1) is 10.0. The van der Waals surface area contributed by atoms with E-state index in [-0.39, 0.29) is 12.5 Å². The van der Waals surface area contributed by atoms with E-state index < -0.39 is 5.97 Å². The van der Waals surface area contributed by atoms with E-state index in [1.165, 1.54) is 16.7 Å². The van der Waals surface area contributed by atoms with Crippen molar-refractivity contribution >= 4 is 11.7 Å². The van der Waals surface area contributed by atoms with Gasteiger partial charge in [-0.2, -0.15) is 0 Å². The molecular formula is C12H15NO2. The van der Waals surface area contributed by atoms with Crippen LogP contribution in [0.15, 0.2) is 12.1 Å². The van der Waals surface area contributed by atoms with Crippen molar-refractivity contribution in [3.8, 4) is 0 Å². The van der Waals surface area contributed by atoms with Gasteiger partial charge in [-0.25, -0.2) is 0 Å². The van der Waals surface area contributed by atoms with Gasteiger partial charge in [-0.3, -0.25) is 4.79 Å². The topological polar surface area (TPSA) is 49.3 Å². The SMILES string of the molecule is Cc1cc(C)c2c(c1)CC(CC(=O)O)N2. The molecule has 1 unspecified atom stereocenters. The molecule has 0 aromatic heterocycles. The number of rotatable bonds is 2. The zero-order valence-electron chi connectivity index (χ0n) is 9.00. The lowest BCUT2D eigenvalue weighted by Crippen LogP contribution is -2.19. The Labute approximate surface area is 89.1 Å². The molecule has 0 saturated carbocycles. The molecule has 0 fully saturated rings. The molecule has 15 heavy (non-hydrogen) atoms. The summed E-state index contributed by atoms with van der Waals surface area (Å²) in [6.45, 7) is 4.12. The molecule has 80 valence electrons. The molecule has 1 aliphatic heterocycles. The van der Waals surface area contributed by atoms with E-state index in [0.717, 1.165) is 12.1 Å². The highest BCUT2D eigenvalue weighted by atomic mass is 16.4. The third-order valence-corrected chi connectivity index (χ3v) is 2.80. The molecule has 3 nitrogen and oxygen atoms in total. The van der Waals surface area contributed by atoms with Crippen LogP contribution in [0, 0.1) is 13.8 Å². The van der Waals surface area contributed by atoms with Crippen molar-refractivity contribution in [2.45, 2.75) is 32.7 Å². The minimum Gasteiger partial charge on any atom is -0.481 e. The molecule has 1 aromatic carbocycles. The maximum Gasteiger partial charge on any atom is 0.305 e. The Kier molecular flexibility index (Phi) is 2.39. The van der Waals surface area contributed by atoms with Crippen molar-refractivity contribution < 1.29 is 9.90 Å². The summed E-state index contributed by atoms with van der Waals surface area (Å²) < 4.78 is 0. The Balaban J connectivity index is 2.23. The molecule has 0 amide bonds. The number of hydrogen-bond donors (Lipinski definition) is 2. The fraction of sp³-hybridized carbons (Fsp3) is 0.417. The highest BCUT2D eigenvalue weighted by Gasteiger charge is 2.23. The maximum atomic E-state index is 10.6. The van der Waals surface area contributed by atoms with Crippen LogP contribution < -0.4 is 5.32 Å². The van der Waals surface area contributed by atoms with Crippen LogP contribution in [0.25, 0.3) is 0 Å². The Bertz CT molecular complexity index is 412. The number of aryl methyl sites for hydroxylation is 2. The highest BCUT2D eigenvalue weighted by Crippen LogP contribution is 2.31. The van der Waals surface area contributed by atoms with Gasteiger partial charge in [0.05, 0.1) is 6.42 Å². The van der Waals surface area contributed by atoms with Gasteiger partial charge in [-0.15, -0.1) is 0 Å². The van der Waals surface area contributed by atoms with Crippen LogP contribution in [-0.4, -0.2) is 17.1 Å². The first-order chi connectivity index (χ1) is 7.06. The van der Waals surface area contributed by atoms with Crippen LogP contribution in [0.3, 0.4) is 0 Å². The number of nitrogens with one attached hydrogen (secondary N) is 1. The summed E-state index contributed by atoms with van der Waals surface area (Å²) >= 11 is 0. The Morgan fingerprint density at radius 3 is 2.93 bits per heavy atom. The van der Waals surface area contributed by atoms with E-state index in [4.69, 9.17) is 5.11 Å². The van der Waals surface area contributed by atoms with Gasteiger partial charge in [0.25, 0.3) is 0 Å². The number of carboxylic acid groups (broad SMARTS) is 1. The normalized spacial score (nSPS) is 18.4. The first-order valence-electron chi connectivity index (χ1n) is 5.14. The second-order valence-corrected chi connectivity index (χ2v) is 4.26. The summed E-state index contributed by atoms with van der Waals surface area (Å²) in [6, 6.07) is 4.31. The van der Waals surface area contributed by atoms with Crippen molar-refractivity contribution in [1.82, 2.24) is 0 Å². The molecular weight excluding hydrogens is 190 g/mol. The van der Waals surface area contributed by atoms with Crippen LogP contribution in [0.5, 0.6) is 0 Å². The molecule has 1 atom stereocenters. The number of carbonyl (C=O) groups is 1. The van der Waals surface area contributed by atoms with Crippen LogP contribution in [-0.2, 0) is 11.2 Å². The predicted molar refractivity (Wildman–Crippen MR) is 59.3 cm³/mol. The maximum absolute atomic E-state index is 10.6. The molecule has 0 radical (unpaired) electrons. The second kappa shape index (κ2) is 3.57. The van der Waals surface area contributed by atoms with Gasteiger partial charge in [0, 0.05) is 11.7 Å². The molecule has 1 aliphatic rings. The van der Waals surface area contributed by atoms with E-state index >= 15 is 0 Å². The van der Waals surface area contributed by atoms with Gasteiger partial charge in [0.2, 0.25) is 0 Å². The molecule has 3 heteroatoms. The third kappa shape index (κ3) is 1.96. The average Bonchev–Trinajstić information content (AvgIpc) is 2.45. The number of aliphatic carboxylic acids is 1. The van der Waals surface area contributed by atoms with Gasteiger partial charge >= 0.3 is 5.97 Å². The Morgan fingerprint density at radius 1 is 1.53 bits per heavy atom. The monoisotopic (exact) mass is 205 g/mol. The lowest BCUT2D eigenvalue weighted by atomic mass is 10.0. The van der Waals surface area contributed by atoms with Gasteiger partial charge < -0.3 is 10.4 Å². The lowest BCUT2D eigenvalue weighted by Gasteiger charge is -2.09. The van der Waals surface area contributed by atoms with Gasteiger partial charge in [-0.1, -0.05) is 17.7 Å². The zero-order chi connectivity index (χ0) is 11.0. The molecule has 0 saturated heterocycles. The Hall–Kier alpha value is -1.51. The van der Waals surface area contributed by atoms with Crippen LogP contribution >= 0.6 is 0 Å². The van der Waals surface area contributed by atoms with Crippen LogP contribution in [0.2, 0.25) is 0 Å². The summed E-state index contributed by atoms with van der Waals surface area (Å²) in [5.74, 6) is -0.741. The molecule has 0 aliphatic carbocycles. The predicted octanol–water partition coefficient (Wildman–Crippen LogP) is 2.11. The van der Waals surface area contributed by atoms with E-state index in [1.54, 1.807) is 0 Å². The number of carboxylic acids is 1. The fourth-order valence-electron chi connectivity index (χ4n) is 2.28. The summed E-state index contributed by atoms with van der Waals surface area (Å²) in [7, 11) is 0. The molecule has 0 spiro atoms. The standard InChI is InChI=1S/C12H15NO2/c1-7-3-8(2)12-9(4-7)5-10(13-12)6-11(14)15/h3-4,10,13H,5-6H2,1-2H3,(H,14,15). The highest BCUT2D eigenvalue weighted by molar-refractivity contribution is 5.71. The third-order valence-electron chi connectivity index (χ3n) is 2.80. The molecule has 2 N–H and O–H groups in total. The van der Waals surface area contributed by atoms with Crippen molar-refractivity contribution in [2.75, 3.05) is 5.32 Å². The smallest absolute Gasteiger partial charge is 0.305 e. The molecule has 0 bridgehead atoms. The van der Waals surface area contributed by atoms with Crippen LogP contribution in [0.1, 0.15) is 23.1 Å².